The average Bonchev–Trinajstić information content (AvgIpc) is 3.03. The van der Waals surface area contributed by atoms with Gasteiger partial charge in [0.1, 0.15) is 17.3 Å². The van der Waals surface area contributed by atoms with Gasteiger partial charge in [-0.1, -0.05) is 31.5 Å². The molecule has 6 nitrogen and oxygen atoms in total. The Morgan fingerprint density at radius 2 is 1.84 bits per heavy atom. The molecule has 1 unspecified atom stereocenters. The number of aliphatic hydroxyl groups excluding tert-OH is 1. The van der Waals surface area contributed by atoms with E-state index in [0.717, 1.165) is 18.4 Å². The van der Waals surface area contributed by atoms with Crippen LogP contribution in [0.2, 0.25) is 0 Å². The molecule has 1 heterocycles. The van der Waals surface area contributed by atoms with Crippen molar-refractivity contribution in [1.29, 1.82) is 0 Å². The van der Waals surface area contributed by atoms with Crippen molar-refractivity contribution < 1.29 is 24.2 Å². The summed E-state index contributed by atoms with van der Waals surface area (Å²) in [6, 6.07) is 11.8. The van der Waals surface area contributed by atoms with Gasteiger partial charge in [0.25, 0.3) is 11.7 Å². The number of carbonyl (C=O) groups excluding carboxylic acids is 2. The zero-order valence-electron chi connectivity index (χ0n) is 18.5. The third-order valence-electron chi connectivity index (χ3n) is 5.47. The SMILES string of the molecule is CCCCN1C(=O)C(=O)/C(=C(/O)c2ccc(OCC)c(C)c2)C1c1ccccc1OC. The summed E-state index contributed by atoms with van der Waals surface area (Å²) in [5.41, 5.74) is 2.05. The Bertz CT molecular complexity index is 1010. The smallest absolute Gasteiger partial charge is 0.295 e. The third-order valence-corrected chi connectivity index (χ3v) is 5.47. The summed E-state index contributed by atoms with van der Waals surface area (Å²) in [6.45, 7) is 6.75. The Morgan fingerprint density at radius 3 is 2.48 bits per heavy atom. The summed E-state index contributed by atoms with van der Waals surface area (Å²) in [5, 5.41) is 11.2. The van der Waals surface area contributed by atoms with E-state index in [0.29, 0.717) is 35.8 Å². The van der Waals surface area contributed by atoms with Gasteiger partial charge in [-0.25, -0.2) is 0 Å². The van der Waals surface area contributed by atoms with Gasteiger partial charge in [-0.05, 0) is 50.1 Å². The largest absolute Gasteiger partial charge is 0.507 e. The molecule has 1 aliphatic rings. The van der Waals surface area contributed by atoms with Crippen LogP contribution in [0.5, 0.6) is 11.5 Å². The average molecular weight is 424 g/mol. The maximum absolute atomic E-state index is 13.1. The number of aryl methyl sites for hydroxylation is 1. The molecule has 164 valence electrons. The number of hydrogen-bond acceptors (Lipinski definition) is 5. The van der Waals surface area contributed by atoms with Crippen molar-refractivity contribution in [1.82, 2.24) is 4.90 Å². The van der Waals surface area contributed by atoms with Crippen molar-refractivity contribution in [3.63, 3.8) is 0 Å². The van der Waals surface area contributed by atoms with Gasteiger partial charge in [0.15, 0.2) is 0 Å². The lowest BCUT2D eigenvalue weighted by molar-refractivity contribution is -0.139. The first kappa shape index (κ1) is 22.4. The number of hydrogen-bond donors (Lipinski definition) is 1. The molecular formula is C25H29NO5. The molecule has 1 atom stereocenters. The van der Waals surface area contributed by atoms with Crippen LogP contribution < -0.4 is 9.47 Å². The maximum atomic E-state index is 13.1. The number of para-hydroxylation sites is 1. The molecule has 0 radical (unpaired) electrons. The topological polar surface area (TPSA) is 76.1 Å². The van der Waals surface area contributed by atoms with Gasteiger partial charge in [-0.3, -0.25) is 9.59 Å². The Balaban J connectivity index is 2.18. The third kappa shape index (κ3) is 4.29. The minimum Gasteiger partial charge on any atom is -0.507 e. The predicted molar refractivity (Wildman–Crippen MR) is 119 cm³/mol. The highest BCUT2D eigenvalue weighted by Gasteiger charge is 2.46. The van der Waals surface area contributed by atoms with Gasteiger partial charge in [-0.2, -0.15) is 0 Å². The van der Waals surface area contributed by atoms with Crippen molar-refractivity contribution in [3.05, 3.63) is 64.7 Å². The number of likely N-dealkylation sites (tertiary alicyclic amines) is 1. The van der Waals surface area contributed by atoms with E-state index in [1.54, 1.807) is 31.4 Å². The van der Waals surface area contributed by atoms with Crippen LogP contribution in [0.25, 0.3) is 5.76 Å². The summed E-state index contributed by atoms with van der Waals surface area (Å²) >= 11 is 0. The number of ether oxygens (including phenoxy) is 2. The molecule has 1 saturated heterocycles. The molecule has 31 heavy (non-hydrogen) atoms. The van der Waals surface area contributed by atoms with Crippen LogP contribution in [0.15, 0.2) is 48.0 Å². The van der Waals surface area contributed by atoms with Gasteiger partial charge in [0.2, 0.25) is 0 Å². The number of Topliss-reactive ketones (excluding diaryl/α,β-unsaturated/α-hetero) is 1. The van der Waals surface area contributed by atoms with E-state index in [2.05, 4.69) is 0 Å². The predicted octanol–water partition coefficient (Wildman–Crippen LogP) is 4.62. The molecule has 1 N–H and O–H groups in total. The fourth-order valence-corrected chi connectivity index (χ4v) is 3.92. The molecular weight excluding hydrogens is 394 g/mol. The van der Waals surface area contributed by atoms with Crippen LogP contribution in [0.3, 0.4) is 0 Å². The van der Waals surface area contributed by atoms with Crippen LogP contribution in [0.1, 0.15) is 49.4 Å². The first-order valence-electron chi connectivity index (χ1n) is 10.6. The molecule has 3 rings (SSSR count). The molecule has 6 heteroatoms. The number of amides is 1. The minimum atomic E-state index is -0.713. The number of nitrogens with zero attached hydrogens (tertiary/aromatic N) is 1. The number of unbranched alkanes of at least 4 members (excludes halogenated alkanes) is 1. The van der Waals surface area contributed by atoms with Gasteiger partial charge in [0, 0.05) is 17.7 Å². The fourth-order valence-electron chi connectivity index (χ4n) is 3.92. The summed E-state index contributed by atoms with van der Waals surface area (Å²) in [4.78, 5) is 27.5. The van der Waals surface area contributed by atoms with E-state index >= 15 is 0 Å². The highest BCUT2D eigenvalue weighted by Crippen LogP contribution is 2.43. The normalized spacial score (nSPS) is 17.8. The quantitative estimate of drug-likeness (QED) is 0.381. The Labute approximate surface area is 183 Å². The second kappa shape index (κ2) is 9.69. The van der Waals surface area contributed by atoms with E-state index in [-0.39, 0.29) is 11.3 Å². The monoisotopic (exact) mass is 423 g/mol. The molecule has 0 spiro atoms. The van der Waals surface area contributed by atoms with Crippen LogP contribution in [-0.4, -0.2) is 42.0 Å². The lowest BCUT2D eigenvalue weighted by Crippen LogP contribution is -2.30. The molecule has 0 aliphatic carbocycles. The molecule has 2 aromatic rings. The number of aliphatic hydroxyl groups is 1. The van der Waals surface area contributed by atoms with Crippen molar-refractivity contribution in [2.45, 2.75) is 39.7 Å². The van der Waals surface area contributed by atoms with Crippen LogP contribution in [0.4, 0.5) is 0 Å². The van der Waals surface area contributed by atoms with Gasteiger partial charge in [0.05, 0.1) is 25.3 Å². The molecule has 0 saturated carbocycles. The summed E-state index contributed by atoms with van der Waals surface area (Å²) in [7, 11) is 1.55. The minimum absolute atomic E-state index is 0.0779. The number of rotatable bonds is 8. The highest BCUT2D eigenvalue weighted by atomic mass is 16.5. The highest BCUT2D eigenvalue weighted by molar-refractivity contribution is 6.46. The van der Waals surface area contributed by atoms with E-state index < -0.39 is 17.7 Å². The zero-order chi connectivity index (χ0) is 22.5. The standard InChI is InChI=1S/C25H29NO5/c1-5-7-14-26-22(18-10-8-9-11-20(18)30-4)21(24(28)25(26)29)23(27)17-12-13-19(31-6-2)16(3)15-17/h8-13,15,22,27H,5-7,14H2,1-4H3/b23-21+. The lowest BCUT2D eigenvalue weighted by atomic mass is 9.94. The van der Waals surface area contributed by atoms with E-state index in [9.17, 15) is 14.7 Å². The van der Waals surface area contributed by atoms with Crippen LogP contribution in [-0.2, 0) is 9.59 Å². The molecule has 2 aromatic carbocycles. The zero-order valence-corrected chi connectivity index (χ0v) is 18.5. The Hall–Kier alpha value is -3.28. The van der Waals surface area contributed by atoms with Gasteiger partial charge >= 0.3 is 0 Å². The Kier molecular flexibility index (Phi) is 7.00. The first-order valence-corrected chi connectivity index (χ1v) is 10.6. The summed E-state index contributed by atoms with van der Waals surface area (Å²) < 4.78 is 11.1. The molecule has 1 aliphatic heterocycles. The van der Waals surface area contributed by atoms with Gasteiger partial charge < -0.3 is 19.5 Å². The number of ketones is 1. The van der Waals surface area contributed by atoms with Crippen LogP contribution in [0, 0.1) is 6.92 Å². The number of benzene rings is 2. The van der Waals surface area contributed by atoms with Crippen LogP contribution >= 0.6 is 0 Å². The molecule has 1 amide bonds. The van der Waals surface area contributed by atoms with Crippen molar-refractivity contribution in [2.75, 3.05) is 20.3 Å². The van der Waals surface area contributed by atoms with Crippen molar-refractivity contribution >= 4 is 17.4 Å². The second-order valence-corrected chi connectivity index (χ2v) is 7.50. The molecule has 0 aromatic heterocycles. The van der Waals surface area contributed by atoms with E-state index in [1.807, 2.05) is 39.0 Å². The summed E-state index contributed by atoms with van der Waals surface area (Å²) in [5.74, 6) is -0.211. The number of carbonyl (C=O) groups is 2. The second-order valence-electron chi connectivity index (χ2n) is 7.50. The molecule has 1 fully saturated rings. The maximum Gasteiger partial charge on any atom is 0.295 e. The van der Waals surface area contributed by atoms with E-state index in [1.165, 1.54) is 4.90 Å². The van der Waals surface area contributed by atoms with Crippen molar-refractivity contribution in [3.8, 4) is 11.5 Å². The fraction of sp³-hybridized carbons (Fsp3) is 0.360. The lowest BCUT2D eigenvalue weighted by Gasteiger charge is -2.26. The first-order chi connectivity index (χ1) is 14.9. The number of methoxy groups -OCH3 is 1. The van der Waals surface area contributed by atoms with E-state index in [4.69, 9.17) is 9.47 Å². The Morgan fingerprint density at radius 1 is 1.10 bits per heavy atom. The molecule has 0 bridgehead atoms. The van der Waals surface area contributed by atoms with Gasteiger partial charge in [-0.15, -0.1) is 0 Å². The summed E-state index contributed by atoms with van der Waals surface area (Å²) in [6.07, 6.45) is 1.63. The van der Waals surface area contributed by atoms with Crippen molar-refractivity contribution in [2.24, 2.45) is 0 Å².